The van der Waals surface area contributed by atoms with Crippen molar-refractivity contribution in [3.05, 3.63) is 237 Å². The van der Waals surface area contributed by atoms with Gasteiger partial charge in [0.2, 0.25) is 0 Å². The van der Waals surface area contributed by atoms with E-state index in [1.807, 2.05) is 12.1 Å². The van der Waals surface area contributed by atoms with Crippen molar-refractivity contribution >= 4 is 54.3 Å². The predicted octanol–water partition coefficient (Wildman–Crippen LogP) is 15.8. The summed E-state index contributed by atoms with van der Waals surface area (Å²) in [6, 6.07) is 83.3. The summed E-state index contributed by atoms with van der Waals surface area (Å²) in [6.07, 6.45) is 0. The van der Waals surface area contributed by atoms with Crippen molar-refractivity contribution in [3.8, 4) is 73.4 Å². The molecule has 0 amide bonds. The van der Waals surface area contributed by atoms with Gasteiger partial charge in [0, 0.05) is 44.1 Å². The fourth-order valence-corrected chi connectivity index (χ4v) is 9.86. The third-order valence-corrected chi connectivity index (χ3v) is 13.0. The fourth-order valence-electron chi connectivity index (χ4n) is 9.86. The molecule has 0 fully saturated rings. The smallest absolute Gasteiger partial charge is 0.164 e. The molecule has 3 heterocycles. The van der Waals surface area contributed by atoms with Crippen molar-refractivity contribution in [2.24, 2.45) is 0 Å². The Morgan fingerprint density at radius 2 is 0.791 bits per heavy atom. The van der Waals surface area contributed by atoms with Gasteiger partial charge in [-0.3, -0.25) is 0 Å². The molecular formula is C62H39N5. The van der Waals surface area contributed by atoms with Crippen LogP contribution in [0.25, 0.3) is 128 Å². The number of aromatic nitrogens is 5. The lowest BCUT2D eigenvalue weighted by atomic mass is 9.93. The average Bonchev–Trinajstić information content (AvgIpc) is 3.76. The highest BCUT2D eigenvalue weighted by Crippen LogP contribution is 2.44. The Morgan fingerprint density at radius 1 is 0.299 bits per heavy atom. The Labute approximate surface area is 387 Å². The molecule has 10 aromatic carbocycles. The van der Waals surface area contributed by atoms with E-state index in [-0.39, 0.29) is 0 Å². The second kappa shape index (κ2) is 15.9. The second-order valence-electron chi connectivity index (χ2n) is 17.0. The molecule has 3 aromatic heterocycles. The molecule has 67 heavy (non-hydrogen) atoms. The van der Waals surface area contributed by atoms with E-state index in [0.29, 0.717) is 17.5 Å². The maximum Gasteiger partial charge on any atom is 0.164 e. The Hall–Kier alpha value is -9.06. The zero-order chi connectivity index (χ0) is 44.3. The number of hydrogen-bond donors (Lipinski definition) is 0. The van der Waals surface area contributed by atoms with Crippen LogP contribution in [0.2, 0.25) is 0 Å². The Morgan fingerprint density at radius 3 is 1.45 bits per heavy atom. The summed E-state index contributed by atoms with van der Waals surface area (Å²) >= 11 is 0. The van der Waals surface area contributed by atoms with Gasteiger partial charge in [0.05, 0.1) is 22.2 Å². The first-order valence-electron chi connectivity index (χ1n) is 22.6. The summed E-state index contributed by atoms with van der Waals surface area (Å²) in [5.41, 5.74) is 13.5. The van der Waals surface area contributed by atoms with Crippen LogP contribution >= 0.6 is 0 Å². The van der Waals surface area contributed by atoms with E-state index >= 15 is 0 Å². The monoisotopic (exact) mass is 853 g/mol. The molecule has 13 aromatic rings. The van der Waals surface area contributed by atoms with Crippen molar-refractivity contribution in [2.45, 2.75) is 0 Å². The number of para-hydroxylation sites is 2. The van der Waals surface area contributed by atoms with Crippen LogP contribution in [-0.4, -0.2) is 24.5 Å². The number of fused-ring (bicyclic) bond motifs is 8. The highest BCUT2D eigenvalue weighted by atomic mass is 15.0. The largest absolute Gasteiger partial charge is 0.308 e. The molecule has 0 atom stereocenters. The Bertz CT molecular complexity index is 3920. The maximum atomic E-state index is 5.52. The highest BCUT2D eigenvalue weighted by Gasteiger charge is 2.23. The zero-order valence-electron chi connectivity index (χ0n) is 36.3. The van der Waals surface area contributed by atoms with Gasteiger partial charge in [-0.25, -0.2) is 19.9 Å². The van der Waals surface area contributed by atoms with Gasteiger partial charge < -0.3 is 4.57 Å². The Kier molecular flexibility index (Phi) is 9.10. The molecule has 0 aliphatic rings. The minimum absolute atomic E-state index is 0.601. The maximum absolute atomic E-state index is 5.52. The average molecular weight is 854 g/mol. The van der Waals surface area contributed by atoms with Crippen LogP contribution in [0.1, 0.15) is 0 Å². The normalized spacial score (nSPS) is 11.6. The van der Waals surface area contributed by atoms with Gasteiger partial charge in [-0.2, -0.15) is 0 Å². The standard InChI is InChI=1S/C62H39N5/c1-3-17-40(18-4-1)43-22-15-24-46(37-43)61-64-60(65-62(66-61)47-25-16-23-44(38-47)41-19-5-2-6-20-41)42-33-35-48(36-34-42)67-56-32-14-12-30-53(56)57-58(63-55-31-13-11-29-52(55)59(57)67)54-39-45-21-7-8-26-49(45)50-27-9-10-28-51(50)54/h1-39H. The summed E-state index contributed by atoms with van der Waals surface area (Å²) in [5, 5.41) is 8.19. The molecule has 5 nitrogen and oxygen atoms in total. The molecule has 0 aliphatic heterocycles. The van der Waals surface area contributed by atoms with Gasteiger partial charge >= 0.3 is 0 Å². The first-order chi connectivity index (χ1) is 33.2. The number of benzene rings is 10. The van der Waals surface area contributed by atoms with E-state index in [0.717, 1.165) is 88.6 Å². The third-order valence-electron chi connectivity index (χ3n) is 13.0. The molecule has 0 spiro atoms. The van der Waals surface area contributed by atoms with Crippen LogP contribution in [0, 0.1) is 0 Å². The van der Waals surface area contributed by atoms with E-state index in [1.54, 1.807) is 0 Å². The molecule has 312 valence electrons. The molecule has 0 N–H and O–H groups in total. The van der Waals surface area contributed by atoms with Crippen molar-refractivity contribution in [3.63, 3.8) is 0 Å². The number of hydrogen-bond acceptors (Lipinski definition) is 4. The molecular weight excluding hydrogens is 815 g/mol. The highest BCUT2D eigenvalue weighted by molar-refractivity contribution is 6.25. The lowest BCUT2D eigenvalue weighted by Gasteiger charge is -2.14. The number of pyridine rings is 1. The van der Waals surface area contributed by atoms with E-state index in [9.17, 15) is 0 Å². The third kappa shape index (κ3) is 6.64. The van der Waals surface area contributed by atoms with E-state index in [4.69, 9.17) is 19.9 Å². The second-order valence-corrected chi connectivity index (χ2v) is 17.0. The molecule has 0 aliphatic carbocycles. The minimum Gasteiger partial charge on any atom is -0.308 e. The summed E-state index contributed by atoms with van der Waals surface area (Å²) in [7, 11) is 0. The topological polar surface area (TPSA) is 56.5 Å². The van der Waals surface area contributed by atoms with Gasteiger partial charge in [-0.15, -0.1) is 0 Å². The van der Waals surface area contributed by atoms with Crippen LogP contribution in [0.15, 0.2) is 237 Å². The van der Waals surface area contributed by atoms with Crippen molar-refractivity contribution in [2.75, 3.05) is 0 Å². The van der Waals surface area contributed by atoms with Gasteiger partial charge in [-0.1, -0.05) is 182 Å². The first-order valence-corrected chi connectivity index (χ1v) is 22.6. The van der Waals surface area contributed by atoms with Crippen LogP contribution in [0.3, 0.4) is 0 Å². The predicted molar refractivity (Wildman–Crippen MR) is 277 cm³/mol. The summed E-state index contributed by atoms with van der Waals surface area (Å²) in [5.74, 6) is 1.83. The first kappa shape index (κ1) is 38.4. The van der Waals surface area contributed by atoms with E-state index in [2.05, 4.69) is 229 Å². The van der Waals surface area contributed by atoms with Crippen molar-refractivity contribution < 1.29 is 0 Å². The van der Waals surface area contributed by atoms with Gasteiger partial charge in [-0.05, 0) is 98.4 Å². The zero-order valence-corrected chi connectivity index (χ0v) is 36.3. The molecule has 13 rings (SSSR count). The van der Waals surface area contributed by atoms with Crippen LogP contribution in [0.4, 0.5) is 0 Å². The molecule has 0 saturated carbocycles. The molecule has 0 saturated heterocycles. The van der Waals surface area contributed by atoms with E-state index in [1.165, 1.54) is 21.5 Å². The molecule has 5 heteroatoms. The molecule has 0 radical (unpaired) electrons. The lowest BCUT2D eigenvalue weighted by Crippen LogP contribution is -2.01. The Balaban J connectivity index is 0.996. The van der Waals surface area contributed by atoms with Gasteiger partial charge in [0.1, 0.15) is 0 Å². The quantitative estimate of drug-likeness (QED) is 0.150. The summed E-state index contributed by atoms with van der Waals surface area (Å²) in [6.45, 7) is 0. The molecule has 0 bridgehead atoms. The number of rotatable bonds is 7. The van der Waals surface area contributed by atoms with Crippen LogP contribution < -0.4 is 0 Å². The molecule has 0 unspecified atom stereocenters. The van der Waals surface area contributed by atoms with Crippen LogP contribution in [0.5, 0.6) is 0 Å². The van der Waals surface area contributed by atoms with E-state index < -0.39 is 0 Å². The van der Waals surface area contributed by atoms with Crippen LogP contribution in [-0.2, 0) is 0 Å². The van der Waals surface area contributed by atoms with Gasteiger partial charge in [0.15, 0.2) is 17.5 Å². The van der Waals surface area contributed by atoms with Gasteiger partial charge in [0.25, 0.3) is 0 Å². The summed E-state index contributed by atoms with van der Waals surface area (Å²) in [4.78, 5) is 21.1. The summed E-state index contributed by atoms with van der Waals surface area (Å²) < 4.78 is 2.40. The minimum atomic E-state index is 0.601. The number of nitrogens with zero attached hydrogens (tertiary/aromatic N) is 5. The SMILES string of the molecule is c1ccc(-c2cccc(-c3nc(-c4ccc(-n5c6ccccc6c6c(-c7cc8ccccc8c8ccccc78)nc7ccccc7c65)cc4)nc(-c4cccc(-c5ccccc5)c4)n3)c2)cc1. The van der Waals surface area contributed by atoms with Crippen molar-refractivity contribution in [1.29, 1.82) is 0 Å². The fraction of sp³-hybridized carbons (Fsp3) is 0. The van der Waals surface area contributed by atoms with Crippen molar-refractivity contribution in [1.82, 2.24) is 24.5 Å². The lowest BCUT2D eigenvalue weighted by molar-refractivity contribution is 1.07.